The first-order chi connectivity index (χ1) is 8.66. The van der Waals surface area contributed by atoms with E-state index in [1.807, 2.05) is 36.4 Å². The van der Waals surface area contributed by atoms with Gasteiger partial charge in [0.25, 0.3) is 5.82 Å². The summed E-state index contributed by atoms with van der Waals surface area (Å²) < 4.78 is 1.51. The van der Waals surface area contributed by atoms with Crippen LogP contribution < -0.4 is 10.4 Å². The van der Waals surface area contributed by atoms with E-state index in [4.69, 9.17) is 10.8 Å². The molecule has 2 aromatic rings. The van der Waals surface area contributed by atoms with E-state index in [1.54, 1.807) is 6.07 Å². The summed E-state index contributed by atoms with van der Waals surface area (Å²) in [5, 5.41) is 13.0. The van der Waals surface area contributed by atoms with Gasteiger partial charge in [0.05, 0.1) is 6.42 Å². The van der Waals surface area contributed by atoms with Crippen LogP contribution >= 0.6 is 12.4 Å². The molecule has 1 aromatic carbocycles. The number of nitrogens with two attached hydrogens (primary N) is 1. The lowest BCUT2D eigenvalue weighted by Gasteiger charge is -2.03. The van der Waals surface area contributed by atoms with Crippen molar-refractivity contribution in [1.82, 2.24) is 5.10 Å². The topological polar surface area (TPSA) is 80.1 Å². The van der Waals surface area contributed by atoms with Gasteiger partial charge in [-0.1, -0.05) is 35.4 Å². The largest absolute Gasteiger partial charge is 0.481 e. The summed E-state index contributed by atoms with van der Waals surface area (Å²) in [6.07, 6.45) is 0.000109. The summed E-state index contributed by atoms with van der Waals surface area (Å²) in [4.78, 5) is 10.6. The van der Waals surface area contributed by atoms with E-state index >= 15 is 0 Å². The maximum absolute atomic E-state index is 10.6. The number of rotatable bonds is 4. The van der Waals surface area contributed by atoms with Crippen LogP contribution in [0.1, 0.15) is 6.42 Å². The predicted molar refractivity (Wildman–Crippen MR) is 73.8 cm³/mol. The number of aryl methyl sites for hydroxylation is 1. The van der Waals surface area contributed by atoms with Crippen LogP contribution in [0.5, 0.6) is 0 Å². The van der Waals surface area contributed by atoms with Crippen molar-refractivity contribution >= 4 is 24.2 Å². The van der Waals surface area contributed by atoms with Crippen molar-refractivity contribution in [3.05, 3.63) is 42.5 Å². The molecule has 0 aliphatic carbocycles. The van der Waals surface area contributed by atoms with E-state index in [9.17, 15) is 4.79 Å². The molecule has 19 heavy (non-hydrogen) atoms. The van der Waals surface area contributed by atoms with Gasteiger partial charge >= 0.3 is 5.97 Å². The second kappa shape index (κ2) is 6.70. The zero-order valence-corrected chi connectivity index (χ0v) is 11.0. The molecule has 3 N–H and O–H groups in total. The van der Waals surface area contributed by atoms with Crippen LogP contribution in [0.4, 0.5) is 5.82 Å². The van der Waals surface area contributed by atoms with E-state index in [2.05, 4.69) is 5.10 Å². The van der Waals surface area contributed by atoms with E-state index in [0.717, 1.165) is 11.3 Å². The molecule has 1 aromatic heterocycles. The third-order valence-electron chi connectivity index (χ3n) is 2.55. The smallest absolute Gasteiger partial charge is 0.307 e. The molecule has 0 bridgehead atoms. The van der Waals surface area contributed by atoms with Gasteiger partial charge in [0.2, 0.25) is 0 Å². The molecule has 0 amide bonds. The van der Waals surface area contributed by atoms with Gasteiger partial charge in [-0.05, 0) is 6.07 Å². The Balaban J connectivity index is 0.00000180. The first kappa shape index (κ1) is 14.9. The Morgan fingerprint density at radius 1 is 1.21 bits per heavy atom. The molecule has 2 rings (SSSR count). The standard InChI is InChI=1S/C13H13N3O2.ClH/c14-12-7-6-11(10-4-2-1-3-5-10)15-16(12)9-8-13(17)18;/h1-7,14H,8-9H2,(H,17,18);1H/p+1. The number of hydrogen-bond acceptors (Lipinski definition) is 3. The summed E-state index contributed by atoms with van der Waals surface area (Å²) in [5.74, 6) is -0.412. The number of carboxylic acids is 1. The first-order valence-electron chi connectivity index (χ1n) is 5.60. The SMILES string of the molecule is Cl.Nc1ccc(-c2ccccc2)n[n+]1CCC(=O)O. The highest BCUT2D eigenvalue weighted by atomic mass is 35.5. The molecule has 0 radical (unpaired) electrons. The highest BCUT2D eigenvalue weighted by Gasteiger charge is 2.10. The van der Waals surface area contributed by atoms with Crippen LogP contribution in [0, 0.1) is 0 Å². The van der Waals surface area contributed by atoms with Gasteiger partial charge in [-0.2, -0.15) is 0 Å². The molecule has 100 valence electrons. The summed E-state index contributed by atoms with van der Waals surface area (Å²) in [6, 6.07) is 13.2. The minimum atomic E-state index is -0.867. The molecule has 5 nitrogen and oxygen atoms in total. The number of carbonyl (C=O) groups is 1. The summed E-state index contributed by atoms with van der Waals surface area (Å²) in [5.41, 5.74) is 7.51. The molecule has 0 spiro atoms. The molecule has 0 aliphatic heterocycles. The van der Waals surface area contributed by atoms with Crippen LogP contribution in [0.2, 0.25) is 0 Å². The lowest BCUT2D eigenvalue weighted by atomic mass is 10.1. The van der Waals surface area contributed by atoms with Crippen LogP contribution in [0.15, 0.2) is 42.5 Å². The number of hydrogen-bond donors (Lipinski definition) is 2. The molecule has 0 unspecified atom stereocenters. The van der Waals surface area contributed by atoms with Gasteiger partial charge in [-0.3, -0.25) is 10.5 Å². The monoisotopic (exact) mass is 280 g/mol. The number of halogens is 1. The molecule has 0 atom stereocenters. The summed E-state index contributed by atoms with van der Waals surface area (Å²) in [7, 11) is 0. The maximum atomic E-state index is 10.6. The summed E-state index contributed by atoms with van der Waals surface area (Å²) in [6.45, 7) is 0.266. The minimum Gasteiger partial charge on any atom is -0.481 e. The van der Waals surface area contributed by atoms with Crippen molar-refractivity contribution in [2.45, 2.75) is 13.0 Å². The Bertz CT molecular complexity index is 561. The molecule has 1 heterocycles. The maximum Gasteiger partial charge on any atom is 0.307 e. The minimum absolute atomic E-state index is 0. The van der Waals surface area contributed by atoms with Crippen molar-refractivity contribution in [2.24, 2.45) is 0 Å². The van der Waals surface area contributed by atoms with Gasteiger partial charge in [0.15, 0.2) is 0 Å². The van der Waals surface area contributed by atoms with Crippen LogP contribution in [-0.4, -0.2) is 16.2 Å². The number of anilines is 1. The van der Waals surface area contributed by atoms with Gasteiger partial charge in [-0.15, -0.1) is 17.1 Å². The van der Waals surface area contributed by atoms with E-state index < -0.39 is 5.97 Å². The Labute approximate surface area is 117 Å². The zero-order valence-electron chi connectivity index (χ0n) is 10.2. The molecule has 0 saturated heterocycles. The van der Waals surface area contributed by atoms with Crippen LogP contribution in [0.3, 0.4) is 0 Å². The molecular formula is C13H15ClN3O2+. The fraction of sp³-hybridized carbons (Fsp3) is 0.154. The number of nitrogens with zero attached hydrogens (tertiary/aromatic N) is 2. The Hall–Kier alpha value is -2.14. The van der Waals surface area contributed by atoms with Gasteiger partial charge in [0, 0.05) is 11.6 Å². The van der Waals surface area contributed by atoms with E-state index in [-0.39, 0.29) is 25.4 Å². The molecule has 0 aliphatic rings. The second-order valence-electron chi connectivity index (χ2n) is 3.88. The van der Waals surface area contributed by atoms with Crippen molar-refractivity contribution in [2.75, 3.05) is 5.73 Å². The van der Waals surface area contributed by atoms with Gasteiger partial charge < -0.3 is 5.11 Å². The van der Waals surface area contributed by atoms with Crippen molar-refractivity contribution in [3.8, 4) is 11.3 Å². The van der Waals surface area contributed by atoms with Gasteiger partial charge in [-0.25, -0.2) is 0 Å². The average molecular weight is 281 g/mol. The van der Waals surface area contributed by atoms with Crippen LogP contribution in [0.25, 0.3) is 11.3 Å². The van der Waals surface area contributed by atoms with Gasteiger partial charge in [0.1, 0.15) is 12.2 Å². The lowest BCUT2D eigenvalue weighted by Crippen LogP contribution is -2.42. The van der Waals surface area contributed by atoms with Crippen molar-refractivity contribution in [3.63, 3.8) is 0 Å². The zero-order chi connectivity index (χ0) is 13.0. The lowest BCUT2D eigenvalue weighted by molar-refractivity contribution is -0.738. The number of aromatic nitrogens is 2. The highest BCUT2D eigenvalue weighted by Crippen LogP contribution is 2.14. The third kappa shape index (κ3) is 3.93. The van der Waals surface area contributed by atoms with E-state index in [0.29, 0.717) is 5.82 Å². The first-order valence-corrected chi connectivity index (χ1v) is 5.60. The molecular weight excluding hydrogens is 266 g/mol. The fourth-order valence-corrected chi connectivity index (χ4v) is 1.61. The Morgan fingerprint density at radius 2 is 1.89 bits per heavy atom. The van der Waals surface area contributed by atoms with Crippen molar-refractivity contribution < 1.29 is 14.6 Å². The van der Waals surface area contributed by atoms with E-state index in [1.165, 1.54) is 4.68 Å². The number of benzene rings is 1. The van der Waals surface area contributed by atoms with Crippen molar-refractivity contribution in [1.29, 1.82) is 0 Å². The van der Waals surface area contributed by atoms with Crippen LogP contribution in [-0.2, 0) is 11.3 Å². The average Bonchev–Trinajstić information content (AvgIpc) is 2.38. The summed E-state index contributed by atoms with van der Waals surface area (Å²) >= 11 is 0. The molecule has 0 saturated carbocycles. The number of aliphatic carboxylic acids is 1. The number of nitrogen functional groups attached to an aromatic ring is 1. The Morgan fingerprint density at radius 3 is 2.53 bits per heavy atom. The molecule has 6 heteroatoms. The fourth-order valence-electron chi connectivity index (χ4n) is 1.61. The third-order valence-corrected chi connectivity index (χ3v) is 2.55. The predicted octanol–water partition coefficient (Wildman–Crippen LogP) is 1.51. The highest BCUT2D eigenvalue weighted by molar-refractivity contribution is 5.85. The Kier molecular flexibility index (Phi) is 5.26. The molecule has 0 fully saturated rings. The number of carboxylic acid groups (broad SMARTS) is 1. The quantitative estimate of drug-likeness (QED) is 0.832. The normalized spacial score (nSPS) is 9.68. The second-order valence-corrected chi connectivity index (χ2v) is 3.88.